The molecule has 8 heteroatoms. The molecule has 0 spiro atoms. The van der Waals surface area contributed by atoms with Gasteiger partial charge in [-0.15, -0.1) is 10.2 Å². The number of benzene rings is 1. The van der Waals surface area contributed by atoms with Gasteiger partial charge < -0.3 is 0 Å². The van der Waals surface area contributed by atoms with Crippen LogP contribution in [0.25, 0.3) is 22.6 Å². The molecule has 8 nitrogen and oxygen atoms in total. The smallest absolute Gasteiger partial charge is 0.296 e. The fraction of sp³-hybridized carbons (Fsp3) is 0.483. The summed E-state index contributed by atoms with van der Waals surface area (Å²) in [7, 11) is 0. The molecule has 37 heavy (non-hydrogen) atoms. The largest absolute Gasteiger partial charge is 0.328 e. The molecule has 0 bridgehead atoms. The normalized spacial score (nSPS) is 14.3. The third-order valence-electron chi connectivity index (χ3n) is 7.83. The van der Waals surface area contributed by atoms with E-state index in [9.17, 15) is 4.79 Å². The van der Waals surface area contributed by atoms with Crippen LogP contribution in [0.15, 0.2) is 47.4 Å². The predicted octanol–water partition coefficient (Wildman–Crippen LogP) is 5.56. The number of unbranched alkanes of at least 4 members (excludes halogenated alkanes) is 1. The van der Waals surface area contributed by atoms with Gasteiger partial charge in [0.2, 0.25) is 5.82 Å². The van der Waals surface area contributed by atoms with Crippen molar-refractivity contribution in [2.45, 2.75) is 84.7 Å². The summed E-state index contributed by atoms with van der Waals surface area (Å²) in [6.45, 7) is 5.76. The van der Waals surface area contributed by atoms with Crippen molar-refractivity contribution in [2.75, 3.05) is 0 Å². The number of hydrogen-bond donors (Lipinski definition) is 1. The summed E-state index contributed by atoms with van der Waals surface area (Å²) in [5, 5.41) is 14.4. The van der Waals surface area contributed by atoms with Crippen LogP contribution in [0.1, 0.15) is 75.2 Å². The van der Waals surface area contributed by atoms with E-state index in [0.717, 1.165) is 60.5 Å². The zero-order valence-electron chi connectivity index (χ0n) is 22.0. The maximum Gasteiger partial charge on any atom is 0.328 e. The van der Waals surface area contributed by atoms with Crippen molar-refractivity contribution < 1.29 is 0 Å². The van der Waals surface area contributed by atoms with Gasteiger partial charge in [0.1, 0.15) is 5.69 Å². The van der Waals surface area contributed by atoms with Gasteiger partial charge in [-0.25, -0.2) is 4.79 Å². The zero-order valence-corrected chi connectivity index (χ0v) is 22.0. The van der Waals surface area contributed by atoms with Crippen molar-refractivity contribution in [1.82, 2.24) is 34.7 Å². The topological polar surface area (TPSA) is 94.3 Å². The van der Waals surface area contributed by atoms with Crippen molar-refractivity contribution in [3.05, 3.63) is 70.0 Å². The first-order valence-corrected chi connectivity index (χ1v) is 13.7. The molecule has 0 aliphatic heterocycles. The second kappa shape index (κ2) is 11.7. The van der Waals surface area contributed by atoms with Crippen LogP contribution in [-0.4, -0.2) is 34.7 Å². The van der Waals surface area contributed by atoms with Crippen LogP contribution in [0.2, 0.25) is 0 Å². The van der Waals surface area contributed by atoms with Crippen molar-refractivity contribution in [2.24, 2.45) is 5.92 Å². The monoisotopic (exact) mass is 499 g/mol. The molecule has 1 saturated carbocycles. The second-order valence-electron chi connectivity index (χ2n) is 10.3. The summed E-state index contributed by atoms with van der Waals surface area (Å²) in [6, 6.07) is 12.3. The molecule has 1 aliphatic rings. The standard InChI is InChI=1S/C29H37N7O/c1-3-4-12-26-21(2)35(19-17-22-9-6-5-7-10-22)29(37)36(26)20-23-13-15-24(16-14-23)25-11-8-18-30-27(25)28-31-33-34-32-28/h8,11,13-16,18,22H,3-7,9-10,12,17,19-20H2,1-2H3,(H,31,32,33,34). The van der Waals surface area contributed by atoms with E-state index in [0.29, 0.717) is 18.1 Å². The van der Waals surface area contributed by atoms with Crippen LogP contribution in [0.4, 0.5) is 0 Å². The van der Waals surface area contributed by atoms with Gasteiger partial charge in [0.15, 0.2) is 0 Å². The van der Waals surface area contributed by atoms with E-state index < -0.39 is 0 Å². The lowest BCUT2D eigenvalue weighted by Crippen LogP contribution is -2.27. The van der Waals surface area contributed by atoms with E-state index in [2.05, 4.69) is 63.7 Å². The molecule has 5 rings (SSSR count). The van der Waals surface area contributed by atoms with Crippen molar-refractivity contribution in [3.8, 4) is 22.6 Å². The Kier molecular flexibility index (Phi) is 7.92. The number of aromatic nitrogens is 7. The van der Waals surface area contributed by atoms with Crippen LogP contribution >= 0.6 is 0 Å². The lowest BCUT2D eigenvalue weighted by atomic mass is 9.87. The van der Waals surface area contributed by atoms with Crippen LogP contribution in [0, 0.1) is 12.8 Å². The van der Waals surface area contributed by atoms with E-state index in [4.69, 9.17) is 0 Å². The third-order valence-corrected chi connectivity index (χ3v) is 7.83. The predicted molar refractivity (Wildman–Crippen MR) is 145 cm³/mol. The van der Waals surface area contributed by atoms with E-state index >= 15 is 0 Å². The molecule has 1 N–H and O–H groups in total. The zero-order chi connectivity index (χ0) is 25.6. The average Bonchev–Trinajstić information content (AvgIpc) is 3.55. The highest BCUT2D eigenvalue weighted by atomic mass is 16.1. The molecule has 4 aromatic rings. The molecule has 194 valence electrons. The van der Waals surface area contributed by atoms with Gasteiger partial charge in [-0.1, -0.05) is 75.8 Å². The van der Waals surface area contributed by atoms with Crippen molar-refractivity contribution in [1.29, 1.82) is 0 Å². The van der Waals surface area contributed by atoms with Gasteiger partial charge in [-0.05, 0) is 54.5 Å². The second-order valence-corrected chi connectivity index (χ2v) is 10.3. The lowest BCUT2D eigenvalue weighted by molar-refractivity contribution is 0.321. The highest BCUT2D eigenvalue weighted by molar-refractivity contribution is 5.77. The summed E-state index contributed by atoms with van der Waals surface area (Å²) >= 11 is 0. The molecule has 1 fully saturated rings. The molecule has 1 aromatic carbocycles. The number of pyridine rings is 1. The number of aromatic amines is 1. The van der Waals surface area contributed by atoms with Gasteiger partial charge in [0, 0.05) is 29.7 Å². The van der Waals surface area contributed by atoms with E-state index in [1.165, 1.54) is 37.8 Å². The minimum absolute atomic E-state index is 0.134. The number of imidazole rings is 1. The number of nitrogens with one attached hydrogen (secondary N) is 1. The summed E-state index contributed by atoms with van der Waals surface area (Å²) in [5.41, 5.74) is 6.23. The summed E-state index contributed by atoms with van der Waals surface area (Å²) in [5.74, 6) is 1.23. The first kappa shape index (κ1) is 25.1. The molecule has 0 saturated heterocycles. The molecule has 0 radical (unpaired) electrons. The molecule has 3 aromatic heterocycles. The molecule has 0 amide bonds. The van der Waals surface area contributed by atoms with Gasteiger partial charge in [-0.3, -0.25) is 14.1 Å². The summed E-state index contributed by atoms with van der Waals surface area (Å²) in [4.78, 5) is 18.1. The van der Waals surface area contributed by atoms with Crippen LogP contribution in [-0.2, 0) is 19.5 Å². The Morgan fingerprint density at radius 3 is 2.59 bits per heavy atom. The van der Waals surface area contributed by atoms with Crippen LogP contribution in [0.3, 0.4) is 0 Å². The quantitative estimate of drug-likeness (QED) is 0.308. The Bertz CT molecular complexity index is 1350. The fourth-order valence-electron chi connectivity index (χ4n) is 5.68. The van der Waals surface area contributed by atoms with E-state index in [1.54, 1.807) is 6.20 Å². The SMILES string of the molecule is CCCCc1c(C)n(CCC2CCCCC2)c(=O)n1Cc1ccc(-c2cccnc2-c2nn[nH]n2)cc1. The van der Waals surface area contributed by atoms with Crippen molar-refractivity contribution in [3.63, 3.8) is 0 Å². The van der Waals surface area contributed by atoms with Gasteiger partial charge in [0.05, 0.1) is 6.54 Å². The molecule has 0 atom stereocenters. The Balaban J connectivity index is 1.39. The maximum absolute atomic E-state index is 13.6. The van der Waals surface area contributed by atoms with Gasteiger partial charge in [-0.2, -0.15) is 5.21 Å². The van der Waals surface area contributed by atoms with Gasteiger partial charge >= 0.3 is 5.69 Å². The minimum atomic E-state index is 0.134. The molecule has 0 unspecified atom stereocenters. The Morgan fingerprint density at radius 1 is 1.05 bits per heavy atom. The molecule has 3 heterocycles. The molecular weight excluding hydrogens is 462 g/mol. The number of H-pyrrole nitrogens is 1. The third kappa shape index (κ3) is 5.58. The maximum atomic E-state index is 13.6. The Hall–Kier alpha value is -3.55. The molecule has 1 aliphatic carbocycles. The number of tetrazole rings is 1. The number of hydrogen-bond acceptors (Lipinski definition) is 5. The lowest BCUT2D eigenvalue weighted by Gasteiger charge is -2.21. The van der Waals surface area contributed by atoms with Gasteiger partial charge in [0.25, 0.3) is 0 Å². The first-order valence-electron chi connectivity index (χ1n) is 13.7. The highest BCUT2D eigenvalue weighted by Crippen LogP contribution is 2.29. The van der Waals surface area contributed by atoms with Crippen LogP contribution in [0.5, 0.6) is 0 Å². The highest BCUT2D eigenvalue weighted by Gasteiger charge is 2.19. The Morgan fingerprint density at radius 2 is 1.86 bits per heavy atom. The summed E-state index contributed by atoms with van der Waals surface area (Å²) < 4.78 is 4.05. The minimum Gasteiger partial charge on any atom is -0.296 e. The van der Waals surface area contributed by atoms with E-state index in [1.807, 2.05) is 21.3 Å². The number of nitrogens with zero attached hydrogens (tertiary/aromatic N) is 6. The van der Waals surface area contributed by atoms with Crippen LogP contribution < -0.4 is 5.69 Å². The first-order chi connectivity index (χ1) is 18.2. The number of rotatable bonds is 10. The fourth-order valence-corrected chi connectivity index (χ4v) is 5.68. The average molecular weight is 500 g/mol. The Labute approximate surface area is 218 Å². The molecular formula is C29H37N7O. The van der Waals surface area contributed by atoms with E-state index in [-0.39, 0.29) is 5.69 Å². The van der Waals surface area contributed by atoms with Crippen molar-refractivity contribution >= 4 is 0 Å². The summed E-state index contributed by atoms with van der Waals surface area (Å²) in [6.07, 6.45) is 12.7.